The van der Waals surface area contributed by atoms with Gasteiger partial charge in [-0.2, -0.15) is 0 Å². The van der Waals surface area contributed by atoms with Crippen molar-refractivity contribution in [2.24, 2.45) is 0 Å². The number of hydrogen-bond acceptors (Lipinski definition) is 4. The number of methoxy groups -OCH3 is 1. The monoisotopic (exact) mass is 460 g/mol. The van der Waals surface area contributed by atoms with E-state index in [4.69, 9.17) is 4.74 Å². The molecule has 0 aliphatic carbocycles. The molecule has 32 heavy (non-hydrogen) atoms. The summed E-state index contributed by atoms with van der Waals surface area (Å²) < 4.78 is 58.8. The van der Waals surface area contributed by atoms with E-state index in [1.807, 2.05) is 32.0 Å². The Hall–Kier alpha value is -3.46. The van der Waals surface area contributed by atoms with Gasteiger partial charge in [-0.25, -0.2) is 17.2 Å². The molecule has 0 fully saturated rings. The van der Waals surface area contributed by atoms with Crippen LogP contribution >= 0.6 is 0 Å². The number of carbonyl (C=O) groups is 1. The smallest absolute Gasteiger partial charge is 0.261 e. The van der Waals surface area contributed by atoms with Crippen molar-refractivity contribution in [2.45, 2.75) is 24.8 Å². The first kappa shape index (κ1) is 23.2. The summed E-state index contributed by atoms with van der Waals surface area (Å²) in [6.07, 6.45) is 0. The summed E-state index contributed by atoms with van der Waals surface area (Å²) in [6.45, 7) is 3.77. The number of amides is 1. The van der Waals surface area contributed by atoms with Crippen molar-refractivity contribution < 1.29 is 26.7 Å². The zero-order valence-corrected chi connectivity index (χ0v) is 18.5. The summed E-state index contributed by atoms with van der Waals surface area (Å²) >= 11 is 0. The average Bonchev–Trinajstić information content (AvgIpc) is 2.75. The SMILES string of the molecule is COc1ccc(C)cc1C(C)NC(=O)c1ccc(NS(=O)(=O)c2ccc(F)c(F)c2)cc1. The van der Waals surface area contributed by atoms with Crippen LogP contribution in [0.1, 0.15) is 34.5 Å². The Labute approximate surface area is 185 Å². The van der Waals surface area contributed by atoms with Gasteiger partial charge >= 0.3 is 0 Å². The number of ether oxygens (including phenoxy) is 1. The van der Waals surface area contributed by atoms with Gasteiger partial charge in [0.05, 0.1) is 18.0 Å². The van der Waals surface area contributed by atoms with Gasteiger partial charge in [-0.1, -0.05) is 17.7 Å². The van der Waals surface area contributed by atoms with Crippen molar-refractivity contribution in [3.8, 4) is 5.75 Å². The van der Waals surface area contributed by atoms with Gasteiger partial charge in [-0.3, -0.25) is 9.52 Å². The van der Waals surface area contributed by atoms with Gasteiger partial charge in [-0.05, 0) is 62.4 Å². The Bertz CT molecular complexity index is 1250. The summed E-state index contributed by atoms with van der Waals surface area (Å²) in [5, 5.41) is 2.88. The number of sulfonamides is 1. The first-order valence-electron chi connectivity index (χ1n) is 9.64. The second kappa shape index (κ2) is 9.35. The van der Waals surface area contributed by atoms with E-state index in [0.29, 0.717) is 17.4 Å². The lowest BCUT2D eigenvalue weighted by atomic mass is 10.0. The molecule has 1 unspecified atom stereocenters. The summed E-state index contributed by atoms with van der Waals surface area (Å²) in [4.78, 5) is 12.2. The average molecular weight is 461 g/mol. The Morgan fingerprint density at radius 3 is 2.28 bits per heavy atom. The fourth-order valence-corrected chi connectivity index (χ4v) is 4.17. The molecular weight excluding hydrogens is 438 g/mol. The minimum absolute atomic E-state index is 0.166. The third-order valence-electron chi connectivity index (χ3n) is 4.80. The Kier molecular flexibility index (Phi) is 6.78. The zero-order chi connectivity index (χ0) is 23.5. The fourth-order valence-electron chi connectivity index (χ4n) is 3.10. The maximum atomic E-state index is 13.4. The molecule has 168 valence electrons. The van der Waals surface area contributed by atoms with E-state index in [0.717, 1.165) is 23.3 Å². The van der Waals surface area contributed by atoms with Gasteiger partial charge in [0.2, 0.25) is 0 Å². The number of aryl methyl sites for hydroxylation is 1. The molecule has 6 nitrogen and oxygen atoms in total. The maximum absolute atomic E-state index is 13.4. The van der Waals surface area contributed by atoms with Crippen LogP contribution in [0.25, 0.3) is 0 Å². The van der Waals surface area contributed by atoms with Gasteiger partial charge in [-0.15, -0.1) is 0 Å². The predicted molar refractivity (Wildman–Crippen MR) is 117 cm³/mol. The van der Waals surface area contributed by atoms with Crippen molar-refractivity contribution >= 4 is 21.6 Å². The van der Waals surface area contributed by atoms with Crippen LogP contribution in [0.3, 0.4) is 0 Å². The van der Waals surface area contributed by atoms with Crippen LogP contribution in [-0.2, 0) is 10.0 Å². The van der Waals surface area contributed by atoms with E-state index in [9.17, 15) is 22.0 Å². The van der Waals surface area contributed by atoms with Crippen LogP contribution in [-0.4, -0.2) is 21.4 Å². The largest absolute Gasteiger partial charge is 0.496 e. The van der Waals surface area contributed by atoms with E-state index in [1.165, 1.54) is 24.3 Å². The third kappa shape index (κ3) is 5.23. The molecule has 1 atom stereocenters. The molecule has 0 bridgehead atoms. The normalized spacial score (nSPS) is 12.2. The summed E-state index contributed by atoms with van der Waals surface area (Å²) in [5.41, 5.74) is 2.34. The Balaban J connectivity index is 1.72. The van der Waals surface area contributed by atoms with Crippen LogP contribution in [0.2, 0.25) is 0 Å². The lowest BCUT2D eigenvalue weighted by molar-refractivity contribution is 0.0939. The van der Waals surface area contributed by atoms with E-state index in [1.54, 1.807) is 7.11 Å². The number of rotatable bonds is 7. The second-order valence-electron chi connectivity index (χ2n) is 7.20. The van der Waals surface area contributed by atoms with Gasteiger partial charge in [0, 0.05) is 16.8 Å². The Morgan fingerprint density at radius 2 is 1.66 bits per heavy atom. The topological polar surface area (TPSA) is 84.5 Å². The molecule has 9 heteroatoms. The first-order chi connectivity index (χ1) is 15.1. The molecule has 0 heterocycles. The number of carbonyl (C=O) groups excluding carboxylic acids is 1. The van der Waals surface area contributed by atoms with E-state index >= 15 is 0 Å². The molecule has 0 aliphatic rings. The lowest BCUT2D eigenvalue weighted by Crippen LogP contribution is -2.27. The first-order valence-corrected chi connectivity index (χ1v) is 11.1. The molecule has 0 aliphatic heterocycles. The van der Waals surface area contributed by atoms with E-state index in [-0.39, 0.29) is 17.6 Å². The molecule has 0 spiro atoms. The van der Waals surface area contributed by atoms with Crippen LogP contribution < -0.4 is 14.8 Å². The summed E-state index contributed by atoms with van der Waals surface area (Å²) in [6, 6.07) is 13.4. The molecule has 0 aromatic heterocycles. The molecule has 0 saturated heterocycles. The van der Waals surface area contributed by atoms with Gasteiger partial charge in [0.15, 0.2) is 11.6 Å². The van der Waals surface area contributed by atoms with E-state index < -0.39 is 26.6 Å². The molecular formula is C23H22F2N2O4S. The van der Waals surface area contributed by atoms with Gasteiger partial charge in [0.1, 0.15) is 5.75 Å². The van der Waals surface area contributed by atoms with Crippen LogP contribution in [0, 0.1) is 18.6 Å². The molecule has 3 rings (SSSR count). The molecule has 0 saturated carbocycles. The molecule has 3 aromatic rings. The lowest BCUT2D eigenvalue weighted by Gasteiger charge is -2.18. The number of halogens is 2. The maximum Gasteiger partial charge on any atom is 0.261 e. The molecule has 0 radical (unpaired) electrons. The highest BCUT2D eigenvalue weighted by Gasteiger charge is 2.18. The van der Waals surface area contributed by atoms with Crippen LogP contribution in [0.4, 0.5) is 14.5 Å². The zero-order valence-electron chi connectivity index (χ0n) is 17.6. The molecule has 1 amide bonds. The van der Waals surface area contributed by atoms with Crippen molar-refractivity contribution in [3.05, 3.63) is 89.0 Å². The quantitative estimate of drug-likeness (QED) is 0.541. The number of hydrogen-bond donors (Lipinski definition) is 2. The number of benzene rings is 3. The highest BCUT2D eigenvalue weighted by molar-refractivity contribution is 7.92. The van der Waals surface area contributed by atoms with Crippen molar-refractivity contribution in [1.82, 2.24) is 5.32 Å². The molecule has 3 aromatic carbocycles. The van der Waals surface area contributed by atoms with Crippen LogP contribution in [0.5, 0.6) is 5.75 Å². The van der Waals surface area contributed by atoms with Crippen molar-refractivity contribution in [1.29, 1.82) is 0 Å². The minimum Gasteiger partial charge on any atom is -0.496 e. The van der Waals surface area contributed by atoms with Gasteiger partial charge < -0.3 is 10.1 Å². The van der Waals surface area contributed by atoms with Gasteiger partial charge in [0.25, 0.3) is 15.9 Å². The second-order valence-corrected chi connectivity index (χ2v) is 8.88. The molecule has 2 N–H and O–H groups in total. The summed E-state index contributed by atoms with van der Waals surface area (Å²) in [7, 11) is -2.57. The number of nitrogens with one attached hydrogen (secondary N) is 2. The standard InChI is InChI=1S/C23H22F2N2O4S/c1-14-4-11-22(31-3)19(12-14)15(2)26-23(28)16-5-7-17(8-6-16)27-32(29,30)18-9-10-20(24)21(25)13-18/h4-13,15,27H,1-3H3,(H,26,28). The third-order valence-corrected chi connectivity index (χ3v) is 6.18. The highest BCUT2D eigenvalue weighted by Crippen LogP contribution is 2.26. The summed E-state index contributed by atoms with van der Waals surface area (Å²) in [5.74, 6) is -2.10. The van der Waals surface area contributed by atoms with Crippen molar-refractivity contribution in [3.63, 3.8) is 0 Å². The number of anilines is 1. The predicted octanol–water partition coefficient (Wildman–Crippen LogP) is 4.57. The minimum atomic E-state index is -4.12. The van der Waals surface area contributed by atoms with Crippen LogP contribution in [0.15, 0.2) is 65.6 Å². The highest BCUT2D eigenvalue weighted by atomic mass is 32.2. The van der Waals surface area contributed by atoms with E-state index in [2.05, 4.69) is 10.0 Å². The Morgan fingerprint density at radius 1 is 0.969 bits per heavy atom. The fraction of sp³-hybridized carbons (Fsp3) is 0.174. The van der Waals surface area contributed by atoms with Crippen molar-refractivity contribution in [2.75, 3.05) is 11.8 Å².